The predicted molar refractivity (Wildman–Crippen MR) is 82.2 cm³/mol. The van der Waals surface area contributed by atoms with Crippen LogP contribution in [0.1, 0.15) is 35.6 Å². The molecule has 118 valence electrons. The van der Waals surface area contributed by atoms with Crippen molar-refractivity contribution in [1.29, 1.82) is 0 Å². The van der Waals surface area contributed by atoms with Gasteiger partial charge in [-0.25, -0.2) is 0 Å². The molecule has 5 nitrogen and oxygen atoms in total. The van der Waals surface area contributed by atoms with Crippen LogP contribution in [0.2, 0.25) is 5.02 Å². The molecule has 0 aliphatic rings. The van der Waals surface area contributed by atoms with E-state index in [2.05, 4.69) is 18.9 Å². The zero-order valence-corrected chi connectivity index (χ0v) is 16.6. The summed E-state index contributed by atoms with van der Waals surface area (Å²) in [6, 6.07) is 6.87. The van der Waals surface area contributed by atoms with E-state index >= 15 is 0 Å². The Kier molecular flexibility index (Phi) is 7.61. The average Bonchev–Trinajstić information content (AvgIpc) is 2.79. The number of halogens is 1. The van der Waals surface area contributed by atoms with Crippen LogP contribution in [0.25, 0.3) is 0 Å². The van der Waals surface area contributed by atoms with Crippen molar-refractivity contribution in [3.05, 3.63) is 46.2 Å². The molecule has 0 saturated heterocycles. The minimum atomic E-state index is -1.29. The first-order valence-corrected chi connectivity index (χ1v) is 7.41. The predicted octanol–water partition coefficient (Wildman–Crippen LogP) is -0.704. The molecule has 0 radical (unpaired) electrons. The summed E-state index contributed by atoms with van der Waals surface area (Å²) in [4.78, 5) is 10.9. The standard InChI is InChI=1S/C16H19ClN2O3.Na/c1-10(2)9-22-15-5-4-13(17)7-12(15)8-19-11(3)6-14(18-19)16(20)21;/h4-7,10H,8-9H2,1-3H3,(H,20,21);/q;+1/p-1. The van der Waals surface area contributed by atoms with Crippen LogP contribution in [0.3, 0.4) is 0 Å². The Morgan fingerprint density at radius 3 is 2.65 bits per heavy atom. The molecule has 7 heteroatoms. The van der Waals surface area contributed by atoms with Gasteiger partial charge in [0.15, 0.2) is 0 Å². The summed E-state index contributed by atoms with van der Waals surface area (Å²) in [6.45, 7) is 6.90. The number of carbonyl (C=O) groups is 1. The zero-order valence-electron chi connectivity index (χ0n) is 13.8. The maximum Gasteiger partial charge on any atom is 1.00 e. The number of hydrogen-bond donors (Lipinski definition) is 0. The summed E-state index contributed by atoms with van der Waals surface area (Å²) < 4.78 is 7.39. The number of aromatic nitrogens is 2. The number of hydrogen-bond acceptors (Lipinski definition) is 4. The Hall–Kier alpha value is -1.01. The Morgan fingerprint density at radius 1 is 1.39 bits per heavy atom. The fourth-order valence-corrected chi connectivity index (χ4v) is 2.19. The first kappa shape index (κ1) is 20.0. The van der Waals surface area contributed by atoms with Crippen molar-refractivity contribution >= 4 is 17.6 Å². The monoisotopic (exact) mass is 344 g/mol. The quantitative estimate of drug-likeness (QED) is 0.650. The second-order valence-corrected chi connectivity index (χ2v) is 6.01. The van der Waals surface area contributed by atoms with E-state index in [9.17, 15) is 9.90 Å². The largest absolute Gasteiger partial charge is 1.00 e. The molecule has 0 aliphatic carbocycles. The number of aryl methyl sites for hydroxylation is 1. The molecule has 1 aromatic carbocycles. The van der Waals surface area contributed by atoms with Crippen LogP contribution in [0, 0.1) is 12.8 Å². The summed E-state index contributed by atoms with van der Waals surface area (Å²) in [5.74, 6) is -0.160. The Labute approximate surface area is 162 Å². The normalized spacial score (nSPS) is 10.5. The minimum absolute atomic E-state index is 0. The maximum absolute atomic E-state index is 10.9. The number of benzene rings is 1. The molecule has 0 fully saturated rings. The first-order chi connectivity index (χ1) is 10.4. The van der Waals surface area contributed by atoms with E-state index < -0.39 is 5.97 Å². The summed E-state index contributed by atoms with van der Waals surface area (Å²) >= 11 is 6.05. The van der Waals surface area contributed by atoms with Crippen LogP contribution in [0.15, 0.2) is 24.3 Å². The van der Waals surface area contributed by atoms with Gasteiger partial charge in [-0.3, -0.25) is 4.68 Å². The number of carboxylic acid groups (broad SMARTS) is 1. The summed E-state index contributed by atoms with van der Waals surface area (Å²) in [5, 5.41) is 15.5. The number of aromatic carboxylic acids is 1. The van der Waals surface area contributed by atoms with Gasteiger partial charge >= 0.3 is 29.6 Å². The molecule has 0 saturated carbocycles. The summed E-state index contributed by atoms with van der Waals surface area (Å²) in [6.07, 6.45) is 0. The van der Waals surface area contributed by atoms with Gasteiger partial charge in [-0.2, -0.15) is 5.10 Å². The van der Waals surface area contributed by atoms with Crippen molar-refractivity contribution in [2.45, 2.75) is 27.3 Å². The topological polar surface area (TPSA) is 67.2 Å². The molecule has 2 aromatic rings. The summed E-state index contributed by atoms with van der Waals surface area (Å²) in [7, 11) is 0. The van der Waals surface area contributed by atoms with Gasteiger partial charge in [-0.15, -0.1) is 0 Å². The van der Waals surface area contributed by atoms with E-state index in [1.165, 1.54) is 6.07 Å². The SMILES string of the molecule is Cc1cc(C(=O)[O-])nn1Cc1cc(Cl)ccc1OCC(C)C.[Na+]. The Balaban J connectivity index is 0.00000264. The van der Waals surface area contributed by atoms with E-state index in [0.29, 0.717) is 24.1 Å². The molecule has 0 bridgehead atoms. The number of carbonyl (C=O) groups excluding carboxylic acids is 1. The van der Waals surface area contributed by atoms with Crippen LogP contribution in [-0.2, 0) is 6.54 Å². The maximum atomic E-state index is 10.9. The third kappa shape index (κ3) is 5.53. The van der Waals surface area contributed by atoms with E-state index in [1.54, 1.807) is 23.7 Å². The molecule has 23 heavy (non-hydrogen) atoms. The van der Waals surface area contributed by atoms with Gasteiger partial charge in [0.25, 0.3) is 0 Å². The number of rotatable bonds is 6. The van der Waals surface area contributed by atoms with Crippen LogP contribution >= 0.6 is 11.6 Å². The molecule has 0 aliphatic heterocycles. The Bertz CT molecular complexity index is 686. The molecular weight excluding hydrogens is 327 g/mol. The van der Waals surface area contributed by atoms with Gasteiger partial charge in [0.05, 0.1) is 19.1 Å². The fourth-order valence-electron chi connectivity index (χ4n) is 2.00. The second-order valence-electron chi connectivity index (χ2n) is 5.57. The third-order valence-electron chi connectivity index (χ3n) is 3.11. The molecule has 2 rings (SSSR count). The average molecular weight is 345 g/mol. The molecule has 0 N–H and O–H groups in total. The minimum Gasteiger partial charge on any atom is -0.543 e. The van der Waals surface area contributed by atoms with Gasteiger partial charge < -0.3 is 14.6 Å². The van der Waals surface area contributed by atoms with E-state index in [1.807, 2.05) is 6.07 Å². The van der Waals surface area contributed by atoms with Gasteiger partial charge in [-0.1, -0.05) is 25.4 Å². The van der Waals surface area contributed by atoms with Crippen molar-refractivity contribution in [2.75, 3.05) is 6.61 Å². The zero-order chi connectivity index (χ0) is 16.3. The summed E-state index contributed by atoms with van der Waals surface area (Å²) in [5.41, 5.74) is 1.50. The fraction of sp³-hybridized carbons (Fsp3) is 0.375. The molecule has 1 aromatic heterocycles. The molecule has 0 spiro atoms. The first-order valence-electron chi connectivity index (χ1n) is 7.04. The molecule has 0 unspecified atom stereocenters. The molecular formula is C16H18ClN2NaO3. The number of carboxylic acids is 1. The van der Waals surface area contributed by atoms with E-state index in [4.69, 9.17) is 16.3 Å². The van der Waals surface area contributed by atoms with Gasteiger partial charge in [0.1, 0.15) is 11.4 Å². The third-order valence-corrected chi connectivity index (χ3v) is 3.34. The van der Waals surface area contributed by atoms with Crippen molar-refractivity contribution < 1.29 is 44.2 Å². The van der Waals surface area contributed by atoms with Crippen LogP contribution < -0.4 is 39.4 Å². The number of ether oxygens (including phenoxy) is 1. The molecule has 1 heterocycles. The van der Waals surface area contributed by atoms with Crippen molar-refractivity contribution in [1.82, 2.24) is 9.78 Å². The number of nitrogens with zero attached hydrogens (tertiary/aromatic N) is 2. The van der Waals surface area contributed by atoms with Crippen LogP contribution in [0.4, 0.5) is 0 Å². The van der Waals surface area contributed by atoms with Crippen LogP contribution in [-0.4, -0.2) is 22.4 Å². The van der Waals surface area contributed by atoms with Crippen molar-refractivity contribution in [2.24, 2.45) is 5.92 Å². The van der Waals surface area contributed by atoms with Gasteiger partial charge in [0.2, 0.25) is 0 Å². The van der Waals surface area contributed by atoms with Crippen molar-refractivity contribution in [3.63, 3.8) is 0 Å². The molecule has 0 amide bonds. The van der Waals surface area contributed by atoms with Crippen molar-refractivity contribution in [3.8, 4) is 5.75 Å². The van der Waals surface area contributed by atoms with Gasteiger partial charge in [-0.05, 0) is 37.1 Å². The van der Waals surface area contributed by atoms with E-state index in [-0.39, 0.29) is 35.3 Å². The van der Waals surface area contributed by atoms with E-state index in [0.717, 1.165) is 17.0 Å². The molecule has 0 atom stereocenters. The smallest absolute Gasteiger partial charge is 0.543 e. The Morgan fingerprint density at radius 2 is 2.09 bits per heavy atom. The van der Waals surface area contributed by atoms with Gasteiger partial charge in [0, 0.05) is 16.3 Å². The second kappa shape index (κ2) is 8.73. The van der Waals surface area contributed by atoms with Crippen LogP contribution in [0.5, 0.6) is 5.75 Å².